The van der Waals surface area contributed by atoms with Gasteiger partial charge in [-0.1, -0.05) is 19.3 Å². The molecule has 1 aromatic heterocycles. The zero-order valence-corrected chi connectivity index (χ0v) is 9.82. The summed E-state index contributed by atoms with van der Waals surface area (Å²) in [7, 11) is 0. The van der Waals surface area contributed by atoms with Gasteiger partial charge in [0.2, 0.25) is 0 Å². The fraction of sp³-hybridized carbons (Fsp3) is 0.667. The third kappa shape index (κ3) is 2.62. The van der Waals surface area contributed by atoms with Gasteiger partial charge in [-0.3, -0.25) is 0 Å². The fourth-order valence-electron chi connectivity index (χ4n) is 2.43. The van der Waals surface area contributed by atoms with E-state index in [4.69, 9.17) is 5.73 Å². The van der Waals surface area contributed by atoms with E-state index in [-0.39, 0.29) is 0 Å². The van der Waals surface area contributed by atoms with Gasteiger partial charge in [0.1, 0.15) is 6.33 Å². The monoisotopic (exact) mass is 220 g/mol. The molecule has 3 N–H and O–H groups in total. The molecule has 4 nitrogen and oxygen atoms in total. The van der Waals surface area contributed by atoms with E-state index in [0.717, 1.165) is 11.7 Å². The SMILES string of the molecule is CC(Nc1ncncc1N)C1CCCCC1. The number of rotatable bonds is 3. The Hall–Kier alpha value is -1.32. The van der Waals surface area contributed by atoms with Crippen LogP contribution in [0.3, 0.4) is 0 Å². The summed E-state index contributed by atoms with van der Waals surface area (Å²) in [6, 6.07) is 0.442. The molecule has 0 radical (unpaired) electrons. The predicted molar refractivity (Wildman–Crippen MR) is 66.1 cm³/mol. The first-order chi connectivity index (χ1) is 7.77. The highest BCUT2D eigenvalue weighted by molar-refractivity contribution is 5.59. The molecular weight excluding hydrogens is 200 g/mol. The lowest BCUT2D eigenvalue weighted by Crippen LogP contribution is -2.28. The first kappa shape index (κ1) is 11.2. The van der Waals surface area contributed by atoms with E-state index in [1.54, 1.807) is 6.20 Å². The van der Waals surface area contributed by atoms with E-state index in [9.17, 15) is 0 Å². The Kier molecular flexibility index (Phi) is 3.59. The Balaban J connectivity index is 1.96. The highest BCUT2D eigenvalue weighted by atomic mass is 15.1. The van der Waals surface area contributed by atoms with Crippen molar-refractivity contribution in [2.24, 2.45) is 5.92 Å². The standard InChI is InChI=1S/C12H20N4/c1-9(10-5-3-2-4-6-10)16-12-11(13)7-14-8-15-12/h7-10H,2-6,13H2,1H3,(H,14,15,16). The fourth-order valence-corrected chi connectivity index (χ4v) is 2.43. The molecule has 0 aliphatic heterocycles. The maximum Gasteiger partial charge on any atom is 0.152 e. The molecule has 0 saturated heterocycles. The summed E-state index contributed by atoms with van der Waals surface area (Å²) in [5, 5.41) is 3.40. The van der Waals surface area contributed by atoms with Crippen molar-refractivity contribution < 1.29 is 0 Å². The van der Waals surface area contributed by atoms with Crippen molar-refractivity contribution in [3.8, 4) is 0 Å². The molecule has 1 heterocycles. The molecule has 1 atom stereocenters. The van der Waals surface area contributed by atoms with E-state index in [1.807, 2.05) is 0 Å². The van der Waals surface area contributed by atoms with Crippen molar-refractivity contribution >= 4 is 11.5 Å². The summed E-state index contributed by atoms with van der Waals surface area (Å²) in [5.74, 6) is 1.52. The molecule has 0 spiro atoms. The van der Waals surface area contributed by atoms with Gasteiger partial charge in [-0.25, -0.2) is 9.97 Å². The lowest BCUT2D eigenvalue weighted by Gasteiger charge is -2.28. The number of anilines is 2. The van der Waals surface area contributed by atoms with Crippen LogP contribution >= 0.6 is 0 Å². The van der Waals surface area contributed by atoms with E-state index in [1.165, 1.54) is 38.4 Å². The third-order valence-electron chi connectivity index (χ3n) is 3.46. The maximum absolute atomic E-state index is 5.81. The number of nitrogens with two attached hydrogens (primary N) is 1. The van der Waals surface area contributed by atoms with E-state index < -0.39 is 0 Å². The molecule has 1 aliphatic carbocycles. The Morgan fingerprint density at radius 3 is 2.81 bits per heavy atom. The van der Waals surface area contributed by atoms with Crippen LogP contribution in [-0.2, 0) is 0 Å². The number of aromatic nitrogens is 2. The predicted octanol–water partition coefficient (Wildman–Crippen LogP) is 2.44. The van der Waals surface area contributed by atoms with Crippen molar-refractivity contribution in [2.75, 3.05) is 11.1 Å². The minimum Gasteiger partial charge on any atom is -0.394 e. The minimum absolute atomic E-state index is 0.442. The van der Waals surface area contributed by atoms with Crippen molar-refractivity contribution in [3.05, 3.63) is 12.5 Å². The summed E-state index contributed by atoms with van der Waals surface area (Å²) >= 11 is 0. The number of nitrogen functional groups attached to an aromatic ring is 1. The topological polar surface area (TPSA) is 63.8 Å². The zero-order chi connectivity index (χ0) is 11.4. The van der Waals surface area contributed by atoms with Crippen LogP contribution in [0.15, 0.2) is 12.5 Å². The van der Waals surface area contributed by atoms with Crippen molar-refractivity contribution in [3.63, 3.8) is 0 Å². The molecule has 4 heteroatoms. The summed E-state index contributed by atoms with van der Waals surface area (Å²) in [6.45, 7) is 2.22. The average Bonchev–Trinajstić information content (AvgIpc) is 2.33. The van der Waals surface area contributed by atoms with Crippen molar-refractivity contribution in [1.82, 2.24) is 9.97 Å². The summed E-state index contributed by atoms with van der Waals surface area (Å²) in [6.07, 6.45) is 9.91. The van der Waals surface area contributed by atoms with Crippen molar-refractivity contribution in [1.29, 1.82) is 0 Å². The van der Waals surface area contributed by atoms with Gasteiger partial charge in [0.05, 0.1) is 11.9 Å². The first-order valence-electron chi connectivity index (χ1n) is 6.09. The van der Waals surface area contributed by atoms with E-state index >= 15 is 0 Å². The van der Waals surface area contributed by atoms with Crippen LogP contribution in [0, 0.1) is 5.92 Å². The molecule has 1 aromatic rings. The summed E-state index contributed by atoms with van der Waals surface area (Å²) in [5.41, 5.74) is 6.44. The molecular formula is C12H20N4. The van der Waals surface area contributed by atoms with Crippen LogP contribution in [0.25, 0.3) is 0 Å². The summed E-state index contributed by atoms with van der Waals surface area (Å²) in [4.78, 5) is 8.05. The minimum atomic E-state index is 0.442. The van der Waals surface area contributed by atoms with Gasteiger partial charge in [0, 0.05) is 6.04 Å². The third-order valence-corrected chi connectivity index (χ3v) is 3.46. The largest absolute Gasteiger partial charge is 0.394 e. The Labute approximate surface area is 96.7 Å². The van der Waals surface area contributed by atoms with Gasteiger partial charge in [0.25, 0.3) is 0 Å². The van der Waals surface area contributed by atoms with Gasteiger partial charge in [-0.15, -0.1) is 0 Å². The van der Waals surface area contributed by atoms with Gasteiger partial charge in [-0.2, -0.15) is 0 Å². The van der Waals surface area contributed by atoms with E-state index in [2.05, 4.69) is 22.2 Å². The molecule has 88 valence electrons. The Bertz CT molecular complexity index is 334. The average molecular weight is 220 g/mol. The van der Waals surface area contributed by atoms with Crippen LogP contribution in [-0.4, -0.2) is 16.0 Å². The molecule has 0 aromatic carbocycles. The molecule has 1 unspecified atom stereocenters. The summed E-state index contributed by atoms with van der Waals surface area (Å²) < 4.78 is 0. The Morgan fingerprint density at radius 1 is 1.38 bits per heavy atom. The Morgan fingerprint density at radius 2 is 2.12 bits per heavy atom. The van der Waals surface area contributed by atoms with Crippen LogP contribution in [0.4, 0.5) is 11.5 Å². The van der Waals surface area contributed by atoms with Gasteiger partial charge in [0.15, 0.2) is 5.82 Å². The zero-order valence-electron chi connectivity index (χ0n) is 9.82. The highest BCUT2D eigenvalue weighted by Gasteiger charge is 2.20. The lowest BCUT2D eigenvalue weighted by molar-refractivity contribution is 0.328. The molecule has 0 bridgehead atoms. The van der Waals surface area contributed by atoms with Crippen LogP contribution in [0.2, 0.25) is 0 Å². The highest BCUT2D eigenvalue weighted by Crippen LogP contribution is 2.28. The van der Waals surface area contributed by atoms with Gasteiger partial charge < -0.3 is 11.1 Å². The van der Waals surface area contributed by atoms with Crippen molar-refractivity contribution in [2.45, 2.75) is 45.1 Å². The van der Waals surface area contributed by atoms with Crippen LogP contribution in [0.5, 0.6) is 0 Å². The second-order valence-corrected chi connectivity index (χ2v) is 4.66. The van der Waals surface area contributed by atoms with Crippen LogP contribution in [0.1, 0.15) is 39.0 Å². The second-order valence-electron chi connectivity index (χ2n) is 4.66. The molecule has 1 saturated carbocycles. The lowest BCUT2D eigenvalue weighted by atomic mass is 9.84. The second kappa shape index (κ2) is 5.14. The molecule has 1 aliphatic rings. The van der Waals surface area contributed by atoms with Crippen LogP contribution < -0.4 is 11.1 Å². The van der Waals surface area contributed by atoms with Gasteiger partial charge >= 0.3 is 0 Å². The first-order valence-corrected chi connectivity index (χ1v) is 6.09. The molecule has 2 rings (SSSR count). The number of hydrogen-bond acceptors (Lipinski definition) is 4. The number of nitrogens with one attached hydrogen (secondary N) is 1. The van der Waals surface area contributed by atoms with Gasteiger partial charge in [-0.05, 0) is 25.7 Å². The number of nitrogens with zero attached hydrogens (tertiary/aromatic N) is 2. The molecule has 1 fully saturated rings. The van der Waals surface area contributed by atoms with E-state index in [0.29, 0.717) is 11.7 Å². The number of hydrogen-bond donors (Lipinski definition) is 2. The maximum atomic E-state index is 5.81. The smallest absolute Gasteiger partial charge is 0.152 e. The normalized spacial score (nSPS) is 19.3. The quantitative estimate of drug-likeness (QED) is 0.821. The molecule has 16 heavy (non-hydrogen) atoms. The molecule has 0 amide bonds.